The number of fused-ring (bicyclic) bond motifs is 4. The summed E-state index contributed by atoms with van der Waals surface area (Å²) in [6.07, 6.45) is 21.9. The highest BCUT2D eigenvalue weighted by Crippen LogP contribution is 2.64. The summed E-state index contributed by atoms with van der Waals surface area (Å²) < 4.78 is 5.83. The predicted molar refractivity (Wildman–Crippen MR) is 143 cm³/mol. The highest BCUT2D eigenvalue weighted by Gasteiger charge is 2.55. The normalized spacial score (nSPS) is 38.0. The fraction of sp³-hybridized carbons (Fsp3) is 0.935. The lowest BCUT2D eigenvalue weighted by Crippen LogP contribution is -2.46. The Morgan fingerprint density at radius 1 is 1.00 bits per heavy atom. The summed E-state index contributed by atoms with van der Waals surface area (Å²) in [4.78, 5) is 0. The van der Waals surface area contributed by atoms with Crippen molar-refractivity contribution < 1.29 is 4.74 Å². The zero-order chi connectivity index (χ0) is 22.7. The Morgan fingerprint density at radius 3 is 2.55 bits per heavy atom. The first-order valence-electron chi connectivity index (χ1n) is 14.7. The van der Waals surface area contributed by atoms with E-state index in [0.717, 1.165) is 48.0 Å². The Labute approximate surface area is 206 Å². The van der Waals surface area contributed by atoms with Crippen LogP contribution in [0.25, 0.3) is 0 Å². The van der Waals surface area contributed by atoms with Crippen molar-refractivity contribution in [1.82, 2.24) is 6.15 Å². The molecule has 0 bridgehead atoms. The van der Waals surface area contributed by atoms with Gasteiger partial charge in [0, 0.05) is 13.0 Å². The molecule has 4 aliphatic rings. The fourth-order valence-corrected chi connectivity index (χ4v) is 9.07. The molecule has 0 amide bonds. The molecule has 0 aromatic heterocycles. The number of ether oxygens (including phenoxy) is 1. The molecule has 0 aromatic rings. The van der Waals surface area contributed by atoms with E-state index in [9.17, 15) is 0 Å². The van der Waals surface area contributed by atoms with E-state index in [2.05, 4.69) is 27.7 Å². The summed E-state index contributed by atoms with van der Waals surface area (Å²) >= 11 is 0. The van der Waals surface area contributed by atoms with Crippen molar-refractivity contribution in [3.63, 3.8) is 0 Å². The number of hydrogen-bond acceptors (Lipinski definition) is 2. The van der Waals surface area contributed by atoms with Gasteiger partial charge in [0.25, 0.3) is 0 Å². The van der Waals surface area contributed by atoms with Gasteiger partial charge in [-0.05, 0) is 98.7 Å². The second-order valence-corrected chi connectivity index (χ2v) is 13.1. The summed E-state index contributed by atoms with van der Waals surface area (Å²) in [6, 6.07) is 0. The van der Waals surface area contributed by atoms with E-state index in [1.807, 2.05) is 18.3 Å². The standard InChI is InChI=1S/C31H54O.H3N/c1-6-7-11-23-13-15-26-27-17-18-31(4)25(12-9-8-10-22(2)3)14-16-30(31)29(27)20-24(21-32-5)28(26)19-23;/h22-25,27,29-30H,6-21H2,1-5H3;1H3. The molecular weight excluding hydrogens is 402 g/mol. The summed E-state index contributed by atoms with van der Waals surface area (Å²) in [7, 11) is 1.94. The van der Waals surface area contributed by atoms with Gasteiger partial charge in [0.15, 0.2) is 0 Å². The van der Waals surface area contributed by atoms with Crippen LogP contribution in [-0.4, -0.2) is 13.7 Å². The summed E-state index contributed by atoms with van der Waals surface area (Å²) in [6.45, 7) is 10.8. The molecule has 2 saturated carbocycles. The molecule has 4 aliphatic carbocycles. The lowest BCUT2D eigenvalue weighted by molar-refractivity contribution is -0.00552. The van der Waals surface area contributed by atoms with Gasteiger partial charge in [0.1, 0.15) is 0 Å². The minimum absolute atomic E-state index is 0. The maximum atomic E-state index is 5.83. The molecule has 33 heavy (non-hydrogen) atoms. The Kier molecular flexibility index (Phi) is 9.97. The molecule has 0 aromatic carbocycles. The molecule has 3 N–H and O–H groups in total. The van der Waals surface area contributed by atoms with Gasteiger partial charge < -0.3 is 10.9 Å². The van der Waals surface area contributed by atoms with Gasteiger partial charge in [0.2, 0.25) is 0 Å². The van der Waals surface area contributed by atoms with E-state index in [-0.39, 0.29) is 6.15 Å². The number of methoxy groups -OCH3 is 1. The summed E-state index contributed by atoms with van der Waals surface area (Å²) in [5.41, 5.74) is 4.48. The molecule has 2 heteroatoms. The monoisotopic (exact) mass is 459 g/mol. The molecule has 4 rings (SSSR count). The fourth-order valence-electron chi connectivity index (χ4n) is 9.07. The highest BCUT2D eigenvalue weighted by atomic mass is 16.5. The minimum atomic E-state index is 0. The third-order valence-electron chi connectivity index (χ3n) is 10.8. The van der Waals surface area contributed by atoms with Crippen LogP contribution in [-0.2, 0) is 4.74 Å². The lowest BCUT2D eigenvalue weighted by Gasteiger charge is -2.54. The average Bonchev–Trinajstić information content (AvgIpc) is 3.12. The smallest absolute Gasteiger partial charge is 0.0527 e. The van der Waals surface area contributed by atoms with Gasteiger partial charge >= 0.3 is 0 Å². The topological polar surface area (TPSA) is 44.2 Å². The van der Waals surface area contributed by atoms with Crippen LogP contribution in [0.15, 0.2) is 11.1 Å². The largest absolute Gasteiger partial charge is 0.384 e. The van der Waals surface area contributed by atoms with Crippen molar-refractivity contribution in [3.8, 4) is 0 Å². The molecule has 7 unspecified atom stereocenters. The first-order chi connectivity index (χ1) is 15.5. The molecule has 0 aliphatic heterocycles. The van der Waals surface area contributed by atoms with Gasteiger partial charge in [-0.1, -0.05) is 77.4 Å². The maximum absolute atomic E-state index is 5.83. The molecule has 0 saturated heterocycles. The summed E-state index contributed by atoms with van der Waals surface area (Å²) in [5, 5.41) is 0. The Balaban J connectivity index is 0.00000306. The molecule has 0 heterocycles. The number of rotatable bonds is 10. The van der Waals surface area contributed by atoms with Crippen LogP contribution in [0.5, 0.6) is 0 Å². The SMILES string of the molecule is CCCCC1CCC2=C(C1)C(COC)CC1C2CCC2(C)C(CCCCC(C)C)CCC12.N. The Morgan fingerprint density at radius 2 is 1.82 bits per heavy atom. The van der Waals surface area contributed by atoms with Crippen molar-refractivity contribution in [2.24, 2.45) is 46.8 Å². The van der Waals surface area contributed by atoms with Crippen molar-refractivity contribution in [2.75, 3.05) is 13.7 Å². The minimum Gasteiger partial charge on any atom is -0.384 e. The molecule has 2 nitrogen and oxygen atoms in total. The number of hydrogen-bond donors (Lipinski definition) is 1. The molecule has 2 fully saturated rings. The second-order valence-electron chi connectivity index (χ2n) is 13.1. The van der Waals surface area contributed by atoms with Crippen LogP contribution >= 0.6 is 0 Å². The van der Waals surface area contributed by atoms with E-state index < -0.39 is 0 Å². The molecule has 7 atom stereocenters. The van der Waals surface area contributed by atoms with Gasteiger partial charge in [0.05, 0.1) is 6.61 Å². The lowest BCUT2D eigenvalue weighted by atomic mass is 9.51. The molecule has 192 valence electrons. The van der Waals surface area contributed by atoms with Crippen molar-refractivity contribution in [3.05, 3.63) is 11.1 Å². The van der Waals surface area contributed by atoms with Gasteiger partial charge in [-0.25, -0.2) is 0 Å². The molecule has 0 spiro atoms. The van der Waals surface area contributed by atoms with E-state index in [4.69, 9.17) is 4.74 Å². The molecule has 0 radical (unpaired) electrons. The maximum Gasteiger partial charge on any atom is 0.0527 e. The molecular formula is C31H57NO. The van der Waals surface area contributed by atoms with Crippen molar-refractivity contribution in [1.29, 1.82) is 0 Å². The van der Waals surface area contributed by atoms with Gasteiger partial charge in [-0.15, -0.1) is 0 Å². The predicted octanol–water partition coefficient (Wildman–Crippen LogP) is 9.38. The highest BCUT2D eigenvalue weighted by molar-refractivity contribution is 5.29. The van der Waals surface area contributed by atoms with E-state index in [0.29, 0.717) is 5.41 Å². The van der Waals surface area contributed by atoms with E-state index >= 15 is 0 Å². The van der Waals surface area contributed by atoms with E-state index in [1.54, 1.807) is 0 Å². The van der Waals surface area contributed by atoms with Crippen LogP contribution in [0, 0.1) is 46.8 Å². The second kappa shape index (κ2) is 12.1. The van der Waals surface area contributed by atoms with Gasteiger partial charge in [-0.2, -0.15) is 0 Å². The van der Waals surface area contributed by atoms with Gasteiger partial charge in [-0.3, -0.25) is 0 Å². The zero-order valence-corrected chi connectivity index (χ0v) is 23.0. The number of unbranched alkanes of at least 4 members (excludes halogenated alkanes) is 2. The quantitative estimate of drug-likeness (QED) is 0.261. The van der Waals surface area contributed by atoms with Crippen LogP contribution in [0.2, 0.25) is 0 Å². The van der Waals surface area contributed by atoms with Crippen LogP contribution in [0.4, 0.5) is 0 Å². The van der Waals surface area contributed by atoms with Crippen LogP contribution in [0.1, 0.15) is 124 Å². The van der Waals surface area contributed by atoms with Crippen LogP contribution in [0.3, 0.4) is 0 Å². The third kappa shape index (κ3) is 5.74. The van der Waals surface area contributed by atoms with Crippen LogP contribution < -0.4 is 6.15 Å². The Bertz CT molecular complexity index is 639. The first-order valence-corrected chi connectivity index (χ1v) is 14.7. The Hall–Kier alpha value is -0.340. The van der Waals surface area contributed by atoms with Crippen molar-refractivity contribution in [2.45, 2.75) is 124 Å². The van der Waals surface area contributed by atoms with E-state index in [1.165, 1.54) is 96.3 Å². The van der Waals surface area contributed by atoms with Crippen molar-refractivity contribution >= 4 is 0 Å². The zero-order valence-electron chi connectivity index (χ0n) is 23.0. The number of allylic oxidation sites excluding steroid dienone is 1. The summed E-state index contributed by atoms with van der Waals surface area (Å²) in [5.74, 6) is 6.44. The first kappa shape index (κ1) is 27.3. The average molecular weight is 460 g/mol. The third-order valence-corrected chi connectivity index (χ3v) is 10.8.